The molecule has 160 valence electrons. The highest BCUT2D eigenvalue weighted by molar-refractivity contribution is 5.83. The van der Waals surface area contributed by atoms with Crippen LogP contribution in [0.4, 0.5) is 11.4 Å². The lowest BCUT2D eigenvalue weighted by Gasteiger charge is -2.12. The summed E-state index contributed by atoms with van der Waals surface area (Å²) >= 11 is 0. The molecule has 31 heavy (non-hydrogen) atoms. The van der Waals surface area contributed by atoms with Gasteiger partial charge >= 0.3 is 5.69 Å². The van der Waals surface area contributed by atoms with E-state index in [2.05, 4.69) is 10.5 Å². The first-order valence-corrected chi connectivity index (χ1v) is 9.78. The summed E-state index contributed by atoms with van der Waals surface area (Å²) in [6, 6.07) is 16.8. The molecule has 1 N–H and O–H groups in total. The summed E-state index contributed by atoms with van der Waals surface area (Å²) in [5.74, 6) is 0.362. The fraction of sp³-hybridized carbons (Fsp3) is 0.208. The van der Waals surface area contributed by atoms with E-state index in [0.717, 1.165) is 22.4 Å². The molecule has 7 nitrogen and oxygen atoms in total. The third-order valence-corrected chi connectivity index (χ3v) is 4.89. The van der Waals surface area contributed by atoms with Crippen LogP contribution in [0.5, 0.6) is 11.5 Å². The number of rotatable bonds is 8. The van der Waals surface area contributed by atoms with Gasteiger partial charge in [0.05, 0.1) is 23.9 Å². The number of hydrazone groups is 1. The molecule has 0 radical (unpaired) electrons. The lowest BCUT2D eigenvalue weighted by Crippen LogP contribution is -2.03. The first kappa shape index (κ1) is 21.8. The maximum atomic E-state index is 11.7. The summed E-state index contributed by atoms with van der Waals surface area (Å²) in [6.07, 6.45) is 1.51. The second kappa shape index (κ2) is 9.75. The van der Waals surface area contributed by atoms with Gasteiger partial charge < -0.3 is 9.47 Å². The zero-order chi connectivity index (χ0) is 22.4. The van der Waals surface area contributed by atoms with Gasteiger partial charge in [-0.2, -0.15) is 5.10 Å². The number of aryl methyl sites for hydroxylation is 3. The molecule has 0 unspecified atom stereocenters. The predicted molar refractivity (Wildman–Crippen MR) is 122 cm³/mol. The summed E-state index contributed by atoms with van der Waals surface area (Å²) in [4.78, 5) is 11.2. The zero-order valence-corrected chi connectivity index (χ0v) is 18.0. The molecule has 0 aromatic heterocycles. The monoisotopic (exact) mass is 419 g/mol. The molecule has 0 aliphatic carbocycles. The van der Waals surface area contributed by atoms with Crippen LogP contribution in [-0.4, -0.2) is 18.2 Å². The Morgan fingerprint density at radius 1 is 1.03 bits per heavy atom. The van der Waals surface area contributed by atoms with E-state index in [4.69, 9.17) is 9.47 Å². The Hall–Kier alpha value is -3.87. The molecule has 0 fully saturated rings. The van der Waals surface area contributed by atoms with E-state index >= 15 is 0 Å². The van der Waals surface area contributed by atoms with Crippen LogP contribution in [-0.2, 0) is 6.61 Å². The molecule has 0 aliphatic heterocycles. The number of anilines is 1. The van der Waals surface area contributed by atoms with Gasteiger partial charge in [0.2, 0.25) is 5.75 Å². The van der Waals surface area contributed by atoms with Gasteiger partial charge in [-0.05, 0) is 55.7 Å². The fourth-order valence-corrected chi connectivity index (χ4v) is 2.95. The quantitative estimate of drug-likeness (QED) is 0.294. The second-order valence-corrected chi connectivity index (χ2v) is 7.27. The van der Waals surface area contributed by atoms with Crippen molar-refractivity contribution in [2.24, 2.45) is 5.10 Å². The van der Waals surface area contributed by atoms with E-state index < -0.39 is 4.92 Å². The second-order valence-electron chi connectivity index (χ2n) is 7.27. The van der Waals surface area contributed by atoms with E-state index in [-0.39, 0.29) is 23.8 Å². The maximum absolute atomic E-state index is 11.7. The van der Waals surface area contributed by atoms with Crippen molar-refractivity contribution in [3.63, 3.8) is 0 Å². The van der Waals surface area contributed by atoms with E-state index in [1.54, 1.807) is 6.07 Å². The topological polar surface area (TPSA) is 86.0 Å². The predicted octanol–water partition coefficient (Wildman–Crippen LogP) is 5.55. The molecule has 3 rings (SSSR count). The van der Waals surface area contributed by atoms with Crippen molar-refractivity contribution in [3.8, 4) is 11.5 Å². The summed E-state index contributed by atoms with van der Waals surface area (Å²) in [5.41, 5.74) is 8.48. The molecule has 0 bridgehead atoms. The molecule has 3 aromatic carbocycles. The molecule has 7 heteroatoms. The molecular weight excluding hydrogens is 394 g/mol. The summed E-state index contributed by atoms with van der Waals surface area (Å²) < 4.78 is 11.1. The van der Waals surface area contributed by atoms with Crippen LogP contribution in [0, 0.1) is 30.9 Å². The van der Waals surface area contributed by atoms with E-state index in [0.29, 0.717) is 5.56 Å². The van der Waals surface area contributed by atoms with Crippen molar-refractivity contribution in [2.45, 2.75) is 27.4 Å². The number of ether oxygens (including phenoxy) is 2. The maximum Gasteiger partial charge on any atom is 0.315 e. The molecule has 0 saturated carbocycles. The van der Waals surface area contributed by atoms with Crippen molar-refractivity contribution in [1.29, 1.82) is 0 Å². The molecular formula is C24H25N3O4. The Morgan fingerprint density at radius 3 is 2.42 bits per heavy atom. The minimum Gasteiger partial charge on any atom is -0.493 e. The summed E-state index contributed by atoms with van der Waals surface area (Å²) in [7, 11) is 1.45. The van der Waals surface area contributed by atoms with Crippen LogP contribution in [0.2, 0.25) is 0 Å². The molecule has 0 heterocycles. The van der Waals surface area contributed by atoms with Gasteiger partial charge in [0.1, 0.15) is 6.61 Å². The number of nitro benzene ring substituents is 1. The number of benzene rings is 3. The van der Waals surface area contributed by atoms with Crippen molar-refractivity contribution in [1.82, 2.24) is 0 Å². The number of hydrogen-bond acceptors (Lipinski definition) is 6. The van der Waals surface area contributed by atoms with Crippen molar-refractivity contribution < 1.29 is 14.4 Å². The molecule has 3 aromatic rings. The minimum absolute atomic E-state index is 0.0901. The zero-order valence-electron chi connectivity index (χ0n) is 18.0. The standard InChI is InChI=1S/C24H25N3O4/c1-16-5-8-19(9-6-16)15-31-24-22(27(28)29)12-20(13-23(24)30-4)14-25-26-21-10-7-17(2)18(3)11-21/h5-14,26H,15H2,1-4H3/b25-14+. The van der Waals surface area contributed by atoms with E-state index in [1.807, 2.05) is 63.2 Å². The lowest BCUT2D eigenvalue weighted by atomic mass is 10.1. The Balaban J connectivity index is 1.82. The third-order valence-electron chi connectivity index (χ3n) is 4.89. The normalized spacial score (nSPS) is 10.8. The van der Waals surface area contributed by atoms with Gasteiger partial charge in [-0.1, -0.05) is 35.9 Å². The van der Waals surface area contributed by atoms with Crippen LogP contribution < -0.4 is 14.9 Å². The minimum atomic E-state index is -0.485. The Morgan fingerprint density at radius 2 is 1.77 bits per heavy atom. The van der Waals surface area contributed by atoms with Gasteiger partial charge in [0.15, 0.2) is 5.75 Å². The molecule has 0 atom stereocenters. The van der Waals surface area contributed by atoms with Gasteiger partial charge in [0.25, 0.3) is 0 Å². The Kier molecular flexibility index (Phi) is 6.87. The van der Waals surface area contributed by atoms with Crippen LogP contribution in [0.15, 0.2) is 59.7 Å². The smallest absolute Gasteiger partial charge is 0.315 e. The van der Waals surface area contributed by atoms with Gasteiger partial charge in [-0.15, -0.1) is 0 Å². The van der Waals surface area contributed by atoms with Crippen LogP contribution in [0.1, 0.15) is 27.8 Å². The number of hydrogen-bond donors (Lipinski definition) is 1. The number of methoxy groups -OCH3 is 1. The fourth-order valence-electron chi connectivity index (χ4n) is 2.95. The summed E-state index contributed by atoms with van der Waals surface area (Å²) in [5, 5.41) is 15.9. The lowest BCUT2D eigenvalue weighted by molar-refractivity contribution is -0.386. The average Bonchev–Trinajstić information content (AvgIpc) is 2.75. The molecule has 0 saturated heterocycles. The van der Waals surface area contributed by atoms with E-state index in [1.165, 1.54) is 25.0 Å². The van der Waals surface area contributed by atoms with Crippen LogP contribution in [0.25, 0.3) is 0 Å². The molecule has 0 spiro atoms. The van der Waals surface area contributed by atoms with Gasteiger partial charge in [0, 0.05) is 11.6 Å². The molecule has 0 aliphatic rings. The van der Waals surface area contributed by atoms with Crippen molar-refractivity contribution >= 4 is 17.6 Å². The third kappa shape index (κ3) is 5.60. The highest BCUT2D eigenvalue weighted by Gasteiger charge is 2.22. The first-order valence-electron chi connectivity index (χ1n) is 9.78. The SMILES string of the molecule is COc1cc(/C=N/Nc2ccc(C)c(C)c2)cc([N+](=O)[O-])c1OCc1ccc(C)cc1. The largest absolute Gasteiger partial charge is 0.493 e. The number of nitrogens with zero attached hydrogens (tertiary/aromatic N) is 2. The van der Waals surface area contributed by atoms with Crippen molar-refractivity contribution in [3.05, 3.63) is 92.5 Å². The van der Waals surface area contributed by atoms with Gasteiger partial charge in [-0.25, -0.2) is 0 Å². The van der Waals surface area contributed by atoms with Crippen LogP contribution >= 0.6 is 0 Å². The van der Waals surface area contributed by atoms with Crippen LogP contribution in [0.3, 0.4) is 0 Å². The van der Waals surface area contributed by atoms with Crippen molar-refractivity contribution in [2.75, 3.05) is 12.5 Å². The summed E-state index contributed by atoms with van der Waals surface area (Å²) in [6.45, 7) is 6.25. The average molecular weight is 419 g/mol. The molecule has 0 amide bonds. The highest BCUT2D eigenvalue weighted by atomic mass is 16.6. The first-order chi connectivity index (χ1) is 14.9. The Labute approximate surface area is 181 Å². The highest BCUT2D eigenvalue weighted by Crippen LogP contribution is 2.38. The van der Waals surface area contributed by atoms with E-state index in [9.17, 15) is 10.1 Å². The van der Waals surface area contributed by atoms with Gasteiger partial charge in [-0.3, -0.25) is 15.5 Å². The number of nitro groups is 1. The Bertz CT molecular complexity index is 1110. The number of nitrogens with one attached hydrogen (secondary N) is 1.